The van der Waals surface area contributed by atoms with Gasteiger partial charge in [-0.3, -0.25) is 0 Å². The maximum atomic E-state index is 11.9. The first-order valence-electron chi connectivity index (χ1n) is 14.4. The number of benzene rings is 1. The first kappa shape index (κ1) is 60.6. The number of hydrogen-bond donors (Lipinski definition) is 0. The summed E-state index contributed by atoms with van der Waals surface area (Å²) in [5, 5.41) is 1.21. The summed E-state index contributed by atoms with van der Waals surface area (Å²) < 4.78 is 15.4. The fraction of sp³-hybridized carbons (Fsp3) is 0.304. The number of rotatable bonds is 9. The molecule has 60 heavy (non-hydrogen) atoms. The molecule has 0 fully saturated rings. The lowest BCUT2D eigenvalue weighted by Crippen LogP contribution is -2.10. The predicted octanol–water partition coefficient (Wildman–Crippen LogP) is 4.92. The summed E-state index contributed by atoms with van der Waals surface area (Å²) in [6, 6.07) is 9.68. The summed E-state index contributed by atoms with van der Waals surface area (Å²) in [4.78, 5) is 39.3. The Labute approximate surface area is 436 Å². The van der Waals surface area contributed by atoms with Crippen molar-refractivity contribution in [2.75, 3.05) is 25.7 Å². The molecule has 1 aromatic carbocycles. The van der Waals surface area contributed by atoms with E-state index >= 15 is 0 Å². The van der Waals surface area contributed by atoms with Crippen LogP contribution >= 0.6 is 35.1 Å². The zero-order chi connectivity index (χ0) is 43.9. The van der Waals surface area contributed by atoms with Crippen LogP contribution in [0.4, 0.5) is 0 Å². The van der Waals surface area contributed by atoms with Crippen molar-refractivity contribution in [3.8, 4) is 5.88 Å². The second-order valence-electron chi connectivity index (χ2n) is 7.92. The van der Waals surface area contributed by atoms with Crippen molar-refractivity contribution in [1.82, 2.24) is 19.9 Å². The first-order chi connectivity index (χ1) is 29.3. The maximum absolute atomic E-state index is 11.9. The van der Waals surface area contributed by atoms with Crippen LogP contribution in [0.5, 0.6) is 5.88 Å². The molecule has 0 atom stereocenters. The highest BCUT2D eigenvalue weighted by Gasteiger charge is 2.17. The molecule has 0 unspecified atom stereocenters. The number of aromatic nitrogens is 4. The Morgan fingerprint density at radius 2 is 0.933 bits per heavy atom. The highest BCUT2D eigenvalue weighted by molar-refractivity contribution is 8.79. The molecule has 37 heteroatoms. The summed E-state index contributed by atoms with van der Waals surface area (Å²) in [6.07, 6.45) is 6.51. The molecule has 0 radical (unpaired) electrons. The van der Waals surface area contributed by atoms with Gasteiger partial charge >= 0.3 is 11.9 Å². The smallest absolute Gasteiger partial charge is 0.345 e. The summed E-state index contributed by atoms with van der Waals surface area (Å²) in [7, 11) is 40.0. The second kappa shape index (κ2) is 44.1. The Morgan fingerprint density at radius 1 is 0.567 bits per heavy atom. The van der Waals surface area contributed by atoms with Crippen molar-refractivity contribution in [2.24, 2.45) is 0 Å². The first-order valence-corrected chi connectivity index (χ1v) is 49.2. The van der Waals surface area contributed by atoms with Gasteiger partial charge in [0.2, 0.25) is 5.88 Å². The van der Waals surface area contributed by atoms with E-state index in [0.717, 1.165) is 5.56 Å². The lowest BCUT2D eigenvalue weighted by Gasteiger charge is -2.10. The van der Waals surface area contributed by atoms with Crippen molar-refractivity contribution >= 4 is 274 Å². The van der Waals surface area contributed by atoms with Gasteiger partial charge < -0.3 is 14.2 Å². The molecular weight excluding hydrogens is 1310 g/mol. The van der Waals surface area contributed by atoms with Crippen LogP contribution in [-0.2, 0) is 243 Å². The van der Waals surface area contributed by atoms with Crippen molar-refractivity contribution in [3.05, 3.63) is 64.6 Å². The highest BCUT2D eigenvalue weighted by Crippen LogP contribution is 2.21. The molecule has 2 aromatic heterocycles. The van der Waals surface area contributed by atoms with E-state index in [1.807, 2.05) is 105 Å². The van der Waals surface area contributed by atoms with Gasteiger partial charge in [-0.1, -0.05) is 65.5 Å². The lowest BCUT2D eigenvalue weighted by molar-refractivity contribution is 0.0511. The minimum Gasteiger partial charge on any atom is -0.472 e. The van der Waals surface area contributed by atoms with Gasteiger partial charge in [-0.05, 0) is 31.9 Å². The number of hydrogen-bond acceptors (Lipinski definition) is 13. The predicted molar refractivity (Wildman–Crippen MR) is 319 cm³/mol. The molecule has 0 aliphatic rings. The van der Waals surface area contributed by atoms with Crippen LogP contribution < -0.4 is 4.74 Å². The van der Waals surface area contributed by atoms with E-state index in [9.17, 15) is 9.59 Å². The topological polar surface area (TPSA) is 113 Å². The van der Waals surface area contributed by atoms with Crippen LogP contribution in [0.15, 0.2) is 53.0 Å². The Bertz CT molecular complexity index is 2870. The van der Waals surface area contributed by atoms with E-state index in [4.69, 9.17) is 48.2 Å². The molecule has 336 valence electrons. The van der Waals surface area contributed by atoms with Gasteiger partial charge in [0.05, 0.1) is 13.2 Å². The molecule has 3 aromatic rings. The number of carbonyl (C=O) groups excluding carboxylic acids is 2. The van der Waals surface area contributed by atoms with Gasteiger partial charge in [-0.25, -0.2) is 24.5 Å². The summed E-state index contributed by atoms with van der Waals surface area (Å²) >= 11 is 18.1. The average molecular weight is 1340 g/mol. The quantitative estimate of drug-likeness (QED) is 0.125. The summed E-state index contributed by atoms with van der Waals surface area (Å²) in [5.74, 6) is -0.727. The van der Waals surface area contributed by atoms with Gasteiger partial charge in [-0.15, -0.1) is 0 Å². The molecule has 3 rings (SSSR count). The van der Waals surface area contributed by atoms with Gasteiger partial charge in [0.1, 0.15) is 22.9 Å². The largest absolute Gasteiger partial charge is 0.472 e. The number of carbonyl (C=O) groups is 2. The van der Waals surface area contributed by atoms with E-state index in [0.29, 0.717) is 30.1 Å². The second-order valence-corrected chi connectivity index (χ2v) is 50.5. The number of nitrogens with zero attached hydrogens (tertiary/aromatic N) is 4. The zero-order valence-electron chi connectivity index (χ0n) is 29.9. The molecule has 0 amide bonds. The van der Waals surface area contributed by atoms with E-state index in [2.05, 4.69) is 19.9 Å². The third kappa shape index (κ3) is 32.3. The third-order valence-electron chi connectivity index (χ3n) is 4.64. The standard InChI is InChI=1S/C15H16N2O3S.C8H9ClN2O2S.S25/c1-3-19-14(18)12-9-16-15(21-2)17-13(12)20-10-11-7-5-4-6-8-11;1-3-13-7(12)5-4-10-8(14-2)11-6(5)9;1-3-5-7-9-11-13-15-17-19-21-23-25-24-22-20-18-16-14-12-10-8-6-4-2/h4-9H,3,10H2,1-2H3;4H,3H2,1-2H3;. The van der Waals surface area contributed by atoms with E-state index in [1.54, 1.807) is 138 Å². The molecule has 0 bridgehead atoms. The van der Waals surface area contributed by atoms with Gasteiger partial charge in [0, 0.05) is 239 Å². The minimum absolute atomic E-state index is 0.128. The third-order valence-corrected chi connectivity index (χ3v) is 54.9. The van der Waals surface area contributed by atoms with Crippen LogP contribution in [-0.4, -0.2) is 57.6 Å². The molecule has 0 N–H and O–H groups in total. The Morgan fingerprint density at radius 3 is 1.30 bits per heavy atom. The van der Waals surface area contributed by atoms with Crippen LogP contribution in [0.25, 0.3) is 0 Å². The van der Waals surface area contributed by atoms with E-state index < -0.39 is 11.9 Å². The molecule has 9 nitrogen and oxygen atoms in total. The number of ether oxygens (including phenoxy) is 3. The molecular formula is C23H25ClN4O5S27. The van der Waals surface area contributed by atoms with Gasteiger partial charge in [0.15, 0.2) is 10.3 Å². The van der Waals surface area contributed by atoms with Crippen molar-refractivity contribution in [3.63, 3.8) is 0 Å². The monoisotopic (exact) mass is 1340 g/mol. The van der Waals surface area contributed by atoms with Crippen LogP contribution in [0, 0.1) is 0 Å². The zero-order valence-corrected chi connectivity index (χ0v) is 52.7. The van der Waals surface area contributed by atoms with Crippen molar-refractivity contribution < 1.29 is 23.8 Å². The normalized spacial score (nSPS) is 9.02. The fourth-order valence-electron chi connectivity index (χ4n) is 2.66. The fourth-order valence-corrected chi connectivity index (χ4v) is 61.2. The SMILES string of the molecule is CCOC(=O)c1cnc(SC)nc1Cl.CCOC(=O)c1cnc(SC)nc1OCc1ccccc1.S=S=S=S=S=S=S=S=S=S=S=S=S=S=S=S=S=S=S=S=S=S=S=S=S. The minimum atomic E-state index is -0.495. The van der Waals surface area contributed by atoms with E-state index in [-0.39, 0.29) is 22.2 Å². The molecule has 0 saturated carbocycles. The molecule has 0 saturated heterocycles. The Kier molecular flexibility index (Phi) is 44.6. The Balaban J connectivity index is 0.000000466. The Hall–Kier alpha value is 2.61. The molecule has 2 heterocycles. The number of thioether (sulfide) groups is 2. The van der Waals surface area contributed by atoms with Crippen molar-refractivity contribution in [1.29, 1.82) is 0 Å². The van der Waals surface area contributed by atoms with Crippen molar-refractivity contribution in [2.45, 2.75) is 30.8 Å². The van der Waals surface area contributed by atoms with Gasteiger partial charge in [-0.2, -0.15) is 4.98 Å². The van der Waals surface area contributed by atoms with Crippen LogP contribution in [0.1, 0.15) is 40.1 Å². The summed E-state index contributed by atoms with van der Waals surface area (Å²) in [5.41, 5.74) is 1.44. The van der Waals surface area contributed by atoms with E-state index in [1.165, 1.54) is 53.7 Å². The van der Waals surface area contributed by atoms with Crippen LogP contribution in [0.2, 0.25) is 5.15 Å². The summed E-state index contributed by atoms with van der Waals surface area (Å²) in [6.45, 7) is 4.40. The lowest BCUT2D eigenvalue weighted by atomic mass is 10.2. The average Bonchev–Trinajstić information content (AvgIpc) is 3.27. The molecule has 0 aliphatic heterocycles. The number of esters is 2. The highest BCUT2D eigenvalue weighted by atomic mass is 35.5. The maximum Gasteiger partial charge on any atom is 0.345 e. The number of halogens is 1. The molecule has 0 aliphatic carbocycles. The van der Waals surface area contributed by atoms with Crippen LogP contribution in [0.3, 0.4) is 0 Å². The van der Waals surface area contributed by atoms with Gasteiger partial charge in [0.25, 0.3) is 0 Å². The molecule has 0 spiro atoms.